The molecule has 0 radical (unpaired) electrons. The molecule has 7 nitrogen and oxygen atoms in total. The summed E-state index contributed by atoms with van der Waals surface area (Å²) < 4.78 is 0. The lowest BCUT2D eigenvalue weighted by molar-refractivity contribution is -0.129. The van der Waals surface area contributed by atoms with Gasteiger partial charge in [0.15, 0.2) is 5.78 Å². The van der Waals surface area contributed by atoms with Gasteiger partial charge in [0.05, 0.1) is 12.1 Å². The first kappa shape index (κ1) is 22.6. The molecule has 1 unspecified atom stereocenters. The number of primary amides is 1. The lowest BCUT2D eigenvalue weighted by Crippen LogP contribution is -2.50. The van der Waals surface area contributed by atoms with Gasteiger partial charge >= 0.3 is 6.03 Å². The van der Waals surface area contributed by atoms with E-state index in [0.717, 1.165) is 0 Å². The predicted molar refractivity (Wildman–Crippen MR) is 88.2 cm³/mol. The Bertz CT molecular complexity index is 346. The molecule has 0 aromatic heterocycles. The molecule has 0 aromatic rings. The van der Waals surface area contributed by atoms with Crippen LogP contribution < -0.4 is 22.1 Å². The number of nitrogens with one attached hydrogen (secondary N) is 2. The molecule has 2 atom stereocenters. The number of Topliss-reactive ketones (excluding diaryl/α,β-unsaturated/α-hetero) is 1. The minimum absolute atomic E-state index is 0.00362. The van der Waals surface area contributed by atoms with Crippen molar-refractivity contribution in [2.24, 2.45) is 17.4 Å². The van der Waals surface area contributed by atoms with Crippen molar-refractivity contribution >= 4 is 17.7 Å². The van der Waals surface area contributed by atoms with Crippen molar-refractivity contribution in [3.05, 3.63) is 0 Å². The largest absolute Gasteiger partial charge is 0.352 e. The van der Waals surface area contributed by atoms with Crippen molar-refractivity contribution in [3.63, 3.8) is 0 Å². The van der Waals surface area contributed by atoms with Crippen LogP contribution in [0.4, 0.5) is 4.79 Å². The normalized spacial score (nSPS) is 12.7. The highest BCUT2D eigenvalue weighted by atomic mass is 16.2. The molecule has 6 N–H and O–H groups in total. The van der Waals surface area contributed by atoms with Gasteiger partial charge in [0.2, 0.25) is 5.91 Å². The molecule has 3 amide bonds. The summed E-state index contributed by atoms with van der Waals surface area (Å²) in [6.45, 7) is 9.80. The molecule has 0 aromatic carbocycles. The molecule has 0 heterocycles. The lowest BCUT2D eigenvalue weighted by atomic mass is 10.0. The summed E-state index contributed by atoms with van der Waals surface area (Å²) in [6, 6.07) is -1.80. The Hall–Kier alpha value is -1.63. The number of hydrogen-bond donors (Lipinski definition) is 4. The number of ketones is 1. The van der Waals surface area contributed by atoms with Gasteiger partial charge in [0.25, 0.3) is 0 Å². The van der Waals surface area contributed by atoms with E-state index < -0.39 is 18.1 Å². The van der Waals surface area contributed by atoms with Crippen LogP contribution in [-0.4, -0.2) is 36.3 Å². The zero-order valence-electron chi connectivity index (χ0n) is 14.4. The molecule has 0 saturated carbocycles. The molecule has 130 valence electrons. The highest BCUT2D eigenvalue weighted by Gasteiger charge is 2.23. The average Bonchev–Trinajstić information content (AvgIpc) is 2.50. The molecule has 0 aliphatic heterocycles. The van der Waals surface area contributed by atoms with Gasteiger partial charge in [-0.25, -0.2) is 4.79 Å². The van der Waals surface area contributed by atoms with Crippen LogP contribution in [-0.2, 0) is 9.59 Å². The third kappa shape index (κ3) is 10.1. The molecule has 7 heteroatoms. The highest BCUT2D eigenvalue weighted by molar-refractivity contribution is 5.90. The summed E-state index contributed by atoms with van der Waals surface area (Å²) in [5, 5.41) is 5.12. The summed E-state index contributed by atoms with van der Waals surface area (Å²) >= 11 is 0. The van der Waals surface area contributed by atoms with Crippen molar-refractivity contribution in [1.82, 2.24) is 10.6 Å². The molecule has 0 rings (SSSR count). The van der Waals surface area contributed by atoms with E-state index >= 15 is 0 Å². The van der Waals surface area contributed by atoms with Gasteiger partial charge in [0.1, 0.15) is 0 Å². The van der Waals surface area contributed by atoms with E-state index in [9.17, 15) is 14.4 Å². The number of carbonyl (C=O) groups is 3. The second-order valence-electron chi connectivity index (χ2n) is 5.08. The van der Waals surface area contributed by atoms with E-state index in [4.69, 9.17) is 11.5 Å². The quantitative estimate of drug-likeness (QED) is 0.471. The SMILES string of the molecule is CC.CCC(=O)[C@H](CCCNC(N)=O)NC(=O)C(N)C(C)C. The number of amides is 3. The Balaban J connectivity index is 0. The number of nitrogens with two attached hydrogens (primary N) is 2. The van der Waals surface area contributed by atoms with Crippen LogP contribution in [0.1, 0.15) is 53.9 Å². The van der Waals surface area contributed by atoms with Crippen LogP contribution >= 0.6 is 0 Å². The number of hydrogen-bond acceptors (Lipinski definition) is 4. The van der Waals surface area contributed by atoms with Crippen molar-refractivity contribution < 1.29 is 14.4 Å². The topological polar surface area (TPSA) is 127 Å². The third-order valence-corrected chi connectivity index (χ3v) is 3.04. The van der Waals surface area contributed by atoms with Gasteiger partial charge in [-0.2, -0.15) is 0 Å². The van der Waals surface area contributed by atoms with Crippen LogP contribution in [0.3, 0.4) is 0 Å². The summed E-state index contributed by atoms with van der Waals surface area (Å²) in [7, 11) is 0. The maximum Gasteiger partial charge on any atom is 0.312 e. The van der Waals surface area contributed by atoms with E-state index in [0.29, 0.717) is 25.8 Å². The standard InChI is InChI=1S/C13H26N4O3.C2H6/c1-4-10(18)9(6-5-7-16-13(15)20)17-12(19)11(14)8(2)3;1-2/h8-9,11H,4-7,14H2,1-3H3,(H,17,19)(H3,15,16,20);1-2H3/t9-,11?;/m0./s1. The molecule has 0 aliphatic carbocycles. The fourth-order valence-electron chi connectivity index (χ4n) is 1.65. The molecule has 0 saturated heterocycles. The number of urea groups is 1. The van der Waals surface area contributed by atoms with E-state index in [1.54, 1.807) is 6.92 Å². The number of carbonyl (C=O) groups excluding carboxylic acids is 3. The zero-order valence-corrected chi connectivity index (χ0v) is 14.4. The minimum Gasteiger partial charge on any atom is -0.352 e. The van der Waals surface area contributed by atoms with E-state index in [1.165, 1.54) is 0 Å². The van der Waals surface area contributed by atoms with Crippen molar-refractivity contribution in [1.29, 1.82) is 0 Å². The van der Waals surface area contributed by atoms with E-state index in [1.807, 2.05) is 27.7 Å². The van der Waals surface area contributed by atoms with Crippen LogP contribution in [0.5, 0.6) is 0 Å². The fraction of sp³-hybridized carbons (Fsp3) is 0.800. The molecule has 0 bridgehead atoms. The van der Waals surface area contributed by atoms with Gasteiger partial charge in [0, 0.05) is 13.0 Å². The van der Waals surface area contributed by atoms with Gasteiger partial charge < -0.3 is 22.1 Å². The monoisotopic (exact) mass is 316 g/mol. The minimum atomic E-state index is -0.633. The molecule has 0 spiro atoms. The lowest BCUT2D eigenvalue weighted by Gasteiger charge is -2.21. The predicted octanol–water partition coefficient (Wildman–Crippen LogP) is 0.908. The number of rotatable bonds is 9. The highest BCUT2D eigenvalue weighted by Crippen LogP contribution is 2.04. The van der Waals surface area contributed by atoms with Gasteiger partial charge in [-0.3, -0.25) is 9.59 Å². The maximum atomic E-state index is 11.9. The Morgan fingerprint density at radius 1 is 1.14 bits per heavy atom. The first-order chi connectivity index (χ1) is 10.3. The van der Waals surface area contributed by atoms with Gasteiger partial charge in [-0.15, -0.1) is 0 Å². The Morgan fingerprint density at radius 2 is 1.68 bits per heavy atom. The summed E-state index contributed by atoms with van der Waals surface area (Å²) in [4.78, 5) is 34.2. The third-order valence-electron chi connectivity index (χ3n) is 3.04. The molecule has 0 fully saturated rings. The van der Waals surface area contributed by atoms with E-state index in [2.05, 4.69) is 10.6 Å². The van der Waals surface area contributed by atoms with Crippen molar-refractivity contribution in [2.75, 3.05) is 6.54 Å². The Kier molecular flexibility index (Phi) is 13.4. The van der Waals surface area contributed by atoms with Crippen molar-refractivity contribution in [2.45, 2.75) is 66.0 Å². The Morgan fingerprint density at radius 3 is 2.09 bits per heavy atom. The first-order valence-corrected chi connectivity index (χ1v) is 7.91. The molecule has 22 heavy (non-hydrogen) atoms. The Labute approximate surface area is 133 Å². The zero-order chi connectivity index (χ0) is 17.7. The van der Waals surface area contributed by atoms with Crippen LogP contribution in [0, 0.1) is 5.92 Å². The second-order valence-corrected chi connectivity index (χ2v) is 5.08. The fourth-order valence-corrected chi connectivity index (χ4v) is 1.65. The summed E-state index contributed by atoms with van der Waals surface area (Å²) in [6.07, 6.45) is 1.34. The van der Waals surface area contributed by atoms with E-state index in [-0.39, 0.29) is 17.6 Å². The van der Waals surface area contributed by atoms with Crippen molar-refractivity contribution in [3.8, 4) is 0 Å². The van der Waals surface area contributed by atoms with Gasteiger partial charge in [-0.05, 0) is 18.8 Å². The summed E-state index contributed by atoms with van der Waals surface area (Å²) in [5.41, 5.74) is 10.7. The average molecular weight is 316 g/mol. The molecular formula is C15H32N4O3. The van der Waals surface area contributed by atoms with Crippen LogP contribution in [0.25, 0.3) is 0 Å². The molecular weight excluding hydrogens is 284 g/mol. The van der Waals surface area contributed by atoms with Gasteiger partial charge in [-0.1, -0.05) is 34.6 Å². The summed E-state index contributed by atoms with van der Waals surface area (Å²) in [5.74, 6) is -0.369. The molecule has 0 aliphatic rings. The second kappa shape index (κ2) is 13.1. The maximum absolute atomic E-state index is 11.9. The first-order valence-electron chi connectivity index (χ1n) is 7.91. The smallest absolute Gasteiger partial charge is 0.312 e. The van der Waals surface area contributed by atoms with Crippen LogP contribution in [0.15, 0.2) is 0 Å². The van der Waals surface area contributed by atoms with Crippen LogP contribution in [0.2, 0.25) is 0 Å².